The molecule has 3 aliphatic rings. The zero-order valence-corrected chi connectivity index (χ0v) is 22.0. The minimum Gasteiger partial charge on any atom is -0.470 e. The van der Waals surface area contributed by atoms with Crippen LogP contribution in [0.4, 0.5) is 0 Å². The number of carbonyl (C=O) groups excluding carboxylic acids is 1. The van der Waals surface area contributed by atoms with Gasteiger partial charge in [-0.25, -0.2) is 9.97 Å². The lowest BCUT2D eigenvalue weighted by molar-refractivity contribution is 0.0259. The Morgan fingerprint density at radius 1 is 1.21 bits per heavy atom. The highest BCUT2D eigenvalue weighted by molar-refractivity contribution is 6.33. The number of morpholine rings is 1. The molecule has 2 atom stereocenters. The molecule has 3 fully saturated rings. The summed E-state index contributed by atoms with van der Waals surface area (Å²) >= 11 is 6.85. The first-order valence-corrected chi connectivity index (χ1v) is 13.3. The van der Waals surface area contributed by atoms with Gasteiger partial charge in [-0.2, -0.15) is 4.98 Å². The number of hydrogen-bond donors (Lipinski definition) is 0. The number of imidazole rings is 1. The van der Waals surface area contributed by atoms with Crippen molar-refractivity contribution in [2.24, 2.45) is 0 Å². The number of pyridine rings is 1. The van der Waals surface area contributed by atoms with Crippen LogP contribution in [0, 0.1) is 6.92 Å². The number of aryl methyl sites for hydroxylation is 1. The molecule has 194 valence electrons. The summed E-state index contributed by atoms with van der Waals surface area (Å²) in [6.45, 7) is 5.77. The van der Waals surface area contributed by atoms with E-state index in [-0.39, 0.29) is 23.7 Å². The second-order valence-electron chi connectivity index (χ2n) is 10.7. The molecule has 2 saturated heterocycles. The van der Waals surface area contributed by atoms with Crippen LogP contribution < -0.4 is 4.74 Å². The highest BCUT2D eigenvalue weighted by Gasteiger charge is 2.42. The second-order valence-corrected chi connectivity index (χ2v) is 11.2. The maximum absolute atomic E-state index is 13.2. The van der Waals surface area contributed by atoms with Crippen molar-refractivity contribution in [1.82, 2.24) is 29.4 Å². The number of carbonyl (C=O) groups is 1. The molecule has 0 radical (unpaired) electrons. The van der Waals surface area contributed by atoms with Crippen LogP contribution in [0.2, 0.25) is 5.02 Å². The van der Waals surface area contributed by atoms with Crippen molar-refractivity contribution >= 4 is 28.7 Å². The molecule has 1 aromatic carbocycles. The highest BCUT2D eigenvalue weighted by atomic mass is 35.5. The molecule has 7 rings (SSSR count). The van der Waals surface area contributed by atoms with Crippen LogP contribution in [0.5, 0.6) is 5.88 Å². The molecule has 1 saturated carbocycles. The van der Waals surface area contributed by atoms with E-state index in [1.54, 1.807) is 12.3 Å². The Bertz CT molecular complexity index is 1580. The van der Waals surface area contributed by atoms with E-state index in [0.717, 1.165) is 30.5 Å². The molecule has 2 bridgehead atoms. The van der Waals surface area contributed by atoms with Crippen LogP contribution in [-0.2, 0) is 11.3 Å². The van der Waals surface area contributed by atoms with Gasteiger partial charge in [-0.1, -0.05) is 11.6 Å². The minimum atomic E-state index is -0.219. The number of aromatic nitrogens is 5. The minimum absolute atomic E-state index is 0.0223. The third-order valence-electron chi connectivity index (χ3n) is 7.71. The van der Waals surface area contributed by atoms with Gasteiger partial charge in [0.2, 0.25) is 5.88 Å². The summed E-state index contributed by atoms with van der Waals surface area (Å²) in [6.07, 6.45) is 6.30. The van der Waals surface area contributed by atoms with Crippen molar-refractivity contribution in [3.8, 4) is 17.3 Å². The zero-order valence-electron chi connectivity index (χ0n) is 21.2. The van der Waals surface area contributed by atoms with Gasteiger partial charge in [-0.05, 0) is 69.0 Å². The summed E-state index contributed by atoms with van der Waals surface area (Å²) < 4.78 is 13.9. The Kier molecular flexibility index (Phi) is 5.42. The average molecular weight is 531 g/mol. The molecule has 9 nitrogen and oxygen atoms in total. The van der Waals surface area contributed by atoms with E-state index in [1.165, 1.54) is 6.33 Å². The molecular formula is C28H27ClN6O3. The molecule has 10 heteroatoms. The van der Waals surface area contributed by atoms with Crippen LogP contribution in [0.1, 0.15) is 47.8 Å². The Balaban J connectivity index is 1.30. The first-order chi connectivity index (χ1) is 18.4. The fraction of sp³-hybridized carbons (Fsp3) is 0.393. The monoisotopic (exact) mass is 530 g/mol. The lowest BCUT2D eigenvalue weighted by Gasteiger charge is -2.27. The Labute approximate surface area is 224 Å². The molecule has 4 aromatic rings. The van der Waals surface area contributed by atoms with E-state index >= 15 is 0 Å². The van der Waals surface area contributed by atoms with Gasteiger partial charge < -0.3 is 18.9 Å². The van der Waals surface area contributed by atoms with Crippen molar-refractivity contribution in [1.29, 1.82) is 0 Å². The summed E-state index contributed by atoms with van der Waals surface area (Å²) in [5, 5.41) is 0.440. The Hall–Kier alpha value is -3.56. The number of likely N-dealkylation sites (tertiary alicyclic amines) is 1. The van der Waals surface area contributed by atoms with Gasteiger partial charge in [0.25, 0.3) is 5.91 Å². The maximum Gasteiger partial charge on any atom is 0.254 e. The molecule has 1 aliphatic carbocycles. The van der Waals surface area contributed by atoms with Crippen molar-refractivity contribution in [2.45, 2.75) is 57.4 Å². The first kappa shape index (κ1) is 23.5. The number of ether oxygens (including phenoxy) is 2. The molecule has 2 aliphatic heterocycles. The highest BCUT2D eigenvalue weighted by Crippen LogP contribution is 2.41. The number of hydrogen-bond acceptors (Lipinski definition) is 7. The third kappa shape index (κ3) is 4.10. The molecule has 1 amide bonds. The molecule has 38 heavy (non-hydrogen) atoms. The number of nitrogens with zero attached hydrogens (tertiary/aromatic N) is 6. The van der Waals surface area contributed by atoms with Crippen molar-refractivity contribution in [3.05, 3.63) is 64.7 Å². The molecule has 0 N–H and O–H groups in total. The molecule has 0 spiro atoms. The largest absolute Gasteiger partial charge is 0.470 e. The molecule has 5 heterocycles. The number of fused-ring (bicyclic) bond motifs is 3. The molecular weight excluding hydrogens is 504 g/mol. The van der Waals surface area contributed by atoms with Crippen LogP contribution in [0.3, 0.4) is 0 Å². The van der Waals surface area contributed by atoms with Gasteiger partial charge in [-0.3, -0.25) is 9.78 Å². The third-order valence-corrected chi connectivity index (χ3v) is 8.02. The summed E-state index contributed by atoms with van der Waals surface area (Å²) in [4.78, 5) is 33.6. The van der Waals surface area contributed by atoms with Crippen molar-refractivity contribution in [3.63, 3.8) is 0 Å². The van der Waals surface area contributed by atoms with E-state index in [0.29, 0.717) is 58.7 Å². The van der Waals surface area contributed by atoms with Gasteiger partial charge >= 0.3 is 0 Å². The fourth-order valence-corrected chi connectivity index (χ4v) is 5.61. The fourth-order valence-electron chi connectivity index (χ4n) is 5.35. The van der Waals surface area contributed by atoms with E-state index in [9.17, 15) is 4.79 Å². The number of halogens is 1. The van der Waals surface area contributed by atoms with Gasteiger partial charge in [0.05, 0.1) is 36.0 Å². The standard InChI is InChI=1S/C28H27ClN6O3/c1-16-5-8-30-18(9-16)12-35-24(33-23-25(35)31-15-32-26(23)38-28(2)6-7-28)21-4-3-17(10-22(21)29)27(36)34-13-20-11-19(34)14-37-20/h3-5,8-10,15,19-20H,6-7,11-14H2,1-2H3/t19-,20-/m0/s1. The summed E-state index contributed by atoms with van der Waals surface area (Å²) in [5.74, 6) is 1.06. The zero-order chi connectivity index (χ0) is 26.0. The SMILES string of the molecule is Cc1ccnc(Cn2c(-c3ccc(C(=O)N4C[C@@H]5C[C@H]4CO5)cc3Cl)nc3c(OC4(C)CC4)ncnc32)c1. The van der Waals surface area contributed by atoms with Crippen LogP contribution >= 0.6 is 11.6 Å². The van der Waals surface area contributed by atoms with Crippen LogP contribution in [0.25, 0.3) is 22.6 Å². The van der Waals surface area contributed by atoms with Crippen LogP contribution in [-0.4, -0.2) is 66.2 Å². The van der Waals surface area contributed by atoms with Gasteiger partial charge in [0, 0.05) is 23.9 Å². The van der Waals surface area contributed by atoms with Gasteiger partial charge in [0.15, 0.2) is 11.2 Å². The lowest BCUT2D eigenvalue weighted by Crippen LogP contribution is -2.41. The number of amides is 1. The Morgan fingerprint density at radius 3 is 2.79 bits per heavy atom. The van der Waals surface area contributed by atoms with E-state index < -0.39 is 0 Å². The number of benzene rings is 1. The van der Waals surface area contributed by atoms with Crippen molar-refractivity contribution in [2.75, 3.05) is 13.2 Å². The summed E-state index contributed by atoms with van der Waals surface area (Å²) in [5.41, 5.74) is 4.24. The first-order valence-electron chi connectivity index (χ1n) is 12.9. The summed E-state index contributed by atoms with van der Waals surface area (Å²) in [6, 6.07) is 9.55. The topological polar surface area (TPSA) is 95.3 Å². The van der Waals surface area contributed by atoms with E-state index in [2.05, 4.69) is 21.9 Å². The van der Waals surface area contributed by atoms with Crippen molar-refractivity contribution < 1.29 is 14.3 Å². The smallest absolute Gasteiger partial charge is 0.254 e. The van der Waals surface area contributed by atoms with Gasteiger partial charge in [0.1, 0.15) is 17.8 Å². The maximum atomic E-state index is 13.2. The van der Waals surface area contributed by atoms with E-state index in [1.807, 2.05) is 40.7 Å². The second kappa shape index (κ2) is 8.74. The molecule has 3 aromatic heterocycles. The lowest BCUT2D eigenvalue weighted by atomic mass is 10.1. The van der Waals surface area contributed by atoms with Gasteiger partial charge in [-0.15, -0.1) is 0 Å². The Morgan fingerprint density at radius 2 is 2.08 bits per heavy atom. The quantitative estimate of drug-likeness (QED) is 0.363. The summed E-state index contributed by atoms with van der Waals surface area (Å²) in [7, 11) is 0. The van der Waals surface area contributed by atoms with E-state index in [4.69, 9.17) is 26.1 Å². The predicted octanol–water partition coefficient (Wildman–Crippen LogP) is 4.44. The average Bonchev–Trinajstić information content (AvgIpc) is 3.25. The van der Waals surface area contributed by atoms with Crippen LogP contribution in [0.15, 0.2) is 42.9 Å². The normalized spacial score (nSPS) is 21.3. The predicted molar refractivity (Wildman–Crippen MR) is 141 cm³/mol. The number of rotatable bonds is 6. The molecule has 0 unspecified atom stereocenters.